The van der Waals surface area contributed by atoms with E-state index < -0.39 is 0 Å². The number of rotatable bonds is 3. The predicted octanol–water partition coefficient (Wildman–Crippen LogP) is 0.748. The summed E-state index contributed by atoms with van der Waals surface area (Å²) in [7, 11) is 3.56. The van der Waals surface area contributed by atoms with Crippen molar-refractivity contribution in [3.8, 4) is 11.9 Å². The summed E-state index contributed by atoms with van der Waals surface area (Å²) in [6, 6.07) is 0.270. The van der Waals surface area contributed by atoms with Gasteiger partial charge in [0.2, 0.25) is 5.88 Å². The topological polar surface area (TPSA) is 77.8 Å². The standard InChI is InChI=1S/C9H12N6O/c1-6-7(10-2)11-4-12-8(6)16-9-13-5-15(3)14-9/h4-5H,1-3H3,(H,10,11,12). The Morgan fingerprint density at radius 1 is 1.31 bits per heavy atom. The number of hydrogen-bond acceptors (Lipinski definition) is 6. The molecule has 2 heterocycles. The van der Waals surface area contributed by atoms with Crippen LogP contribution in [0.1, 0.15) is 5.56 Å². The van der Waals surface area contributed by atoms with Crippen molar-refractivity contribution in [3.05, 3.63) is 18.2 Å². The van der Waals surface area contributed by atoms with Crippen LogP contribution < -0.4 is 10.1 Å². The Bertz CT molecular complexity index is 494. The van der Waals surface area contributed by atoms with Gasteiger partial charge in [0.05, 0.1) is 5.56 Å². The lowest BCUT2D eigenvalue weighted by Gasteiger charge is -2.07. The van der Waals surface area contributed by atoms with Gasteiger partial charge in [-0.1, -0.05) is 0 Å². The molecule has 0 atom stereocenters. The molecule has 1 N–H and O–H groups in total. The molecule has 0 aliphatic heterocycles. The van der Waals surface area contributed by atoms with E-state index in [9.17, 15) is 0 Å². The second-order valence-corrected chi connectivity index (χ2v) is 3.21. The third-order valence-corrected chi connectivity index (χ3v) is 2.04. The number of aromatic nitrogens is 5. The lowest BCUT2D eigenvalue weighted by Crippen LogP contribution is -2.00. The molecule has 0 bridgehead atoms. The summed E-state index contributed by atoms with van der Waals surface area (Å²) in [6.45, 7) is 1.87. The minimum Gasteiger partial charge on any atom is -0.404 e. The maximum absolute atomic E-state index is 5.44. The summed E-state index contributed by atoms with van der Waals surface area (Å²) in [6.07, 6.45) is 2.99. The van der Waals surface area contributed by atoms with E-state index >= 15 is 0 Å². The van der Waals surface area contributed by atoms with Gasteiger partial charge in [0, 0.05) is 14.1 Å². The van der Waals surface area contributed by atoms with Crippen LogP contribution in [0.5, 0.6) is 11.9 Å². The molecule has 0 radical (unpaired) electrons. The van der Waals surface area contributed by atoms with Gasteiger partial charge in [-0.3, -0.25) is 4.68 Å². The number of nitrogens with zero attached hydrogens (tertiary/aromatic N) is 5. The molecular formula is C9H12N6O. The Morgan fingerprint density at radius 3 is 2.75 bits per heavy atom. The van der Waals surface area contributed by atoms with Gasteiger partial charge in [-0.05, 0) is 6.92 Å². The average molecular weight is 220 g/mol. The molecular weight excluding hydrogens is 208 g/mol. The summed E-state index contributed by atoms with van der Waals surface area (Å²) in [5.74, 6) is 1.17. The van der Waals surface area contributed by atoms with Crippen LogP contribution in [0.3, 0.4) is 0 Å². The molecule has 2 rings (SSSR count). The van der Waals surface area contributed by atoms with Crippen LogP contribution in [-0.4, -0.2) is 31.8 Å². The molecule has 0 spiro atoms. The van der Waals surface area contributed by atoms with E-state index in [0.29, 0.717) is 5.88 Å². The molecule has 16 heavy (non-hydrogen) atoms. The van der Waals surface area contributed by atoms with Crippen molar-refractivity contribution in [1.82, 2.24) is 24.7 Å². The third kappa shape index (κ3) is 1.92. The van der Waals surface area contributed by atoms with E-state index in [4.69, 9.17) is 4.74 Å². The SMILES string of the molecule is CNc1ncnc(Oc2ncn(C)n2)c1C. The van der Waals surface area contributed by atoms with Crippen molar-refractivity contribution in [3.63, 3.8) is 0 Å². The third-order valence-electron chi connectivity index (χ3n) is 2.04. The smallest absolute Gasteiger partial charge is 0.342 e. The van der Waals surface area contributed by atoms with E-state index in [1.165, 1.54) is 6.33 Å². The van der Waals surface area contributed by atoms with Gasteiger partial charge < -0.3 is 10.1 Å². The molecule has 0 aliphatic carbocycles. The first kappa shape index (κ1) is 10.3. The zero-order valence-electron chi connectivity index (χ0n) is 9.30. The first-order valence-corrected chi connectivity index (χ1v) is 4.73. The minimum atomic E-state index is 0.270. The van der Waals surface area contributed by atoms with E-state index in [1.54, 1.807) is 25.1 Å². The fraction of sp³-hybridized carbons (Fsp3) is 0.333. The van der Waals surface area contributed by atoms with E-state index in [0.717, 1.165) is 11.4 Å². The number of hydrogen-bond donors (Lipinski definition) is 1. The van der Waals surface area contributed by atoms with Gasteiger partial charge in [-0.25, -0.2) is 9.97 Å². The molecule has 7 nitrogen and oxygen atoms in total. The molecule has 0 aromatic carbocycles. The maximum atomic E-state index is 5.44. The normalized spacial score (nSPS) is 10.2. The van der Waals surface area contributed by atoms with Crippen LogP contribution in [0, 0.1) is 6.92 Å². The fourth-order valence-corrected chi connectivity index (χ4v) is 1.24. The molecule has 2 aromatic heterocycles. The summed E-state index contributed by atoms with van der Waals surface area (Å²) >= 11 is 0. The number of anilines is 1. The highest BCUT2D eigenvalue weighted by molar-refractivity contribution is 5.47. The van der Waals surface area contributed by atoms with Crippen molar-refractivity contribution in [2.45, 2.75) is 6.92 Å². The highest BCUT2D eigenvalue weighted by Crippen LogP contribution is 2.23. The largest absolute Gasteiger partial charge is 0.404 e. The van der Waals surface area contributed by atoms with Crippen LogP contribution >= 0.6 is 0 Å². The van der Waals surface area contributed by atoms with Crippen LogP contribution in [0.4, 0.5) is 5.82 Å². The summed E-state index contributed by atoms with van der Waals surface area (Å²) in [4.78, 5) is 12.0. The van der Waals surface area contributed by atoms with Crippen LogP contribution in [-0.2, 0) is 7.05 Å². The highest BCUT2D eigenvalue weighted by Gasteiger charge is 2.09. The van der Waals surface area contributed by atoms with Crippen molar-refractivity contribution in [1.29, 1.82) is 0 Å². The van der Waals surface area contributed by atoms with Crippen molar-refractivity contribution < 1.29 is 4.74 Å². The van der Waals surface area contributed by atoms with Gasteiger partial charge in [0.1, 0.15) is 18.5 Å². The van der Waals surface area contributed by atoms with E-state index in [2.05, 4.69) is 25.4 Å². The lowest BCUT2D eigenvalue weighted by atomic mass is 10.3. The quantitative estimate of drug-likeness (QED) is 0.822. The number of aryl methyl sites for hydroxylation is 1. The fourth-order valence-electron chi connectivity index (χ4n) is 1.24. The lowest BCUT2D eigenvalue weighted by molar-refractivity contribution is 0.418. The highest BCUT2D eigenvalue weighted by atomic mass is 16.5. The Morgan fingerprint density at radius 2 is 2.12 bits per heavy atom. The number of nitrogens with one attached hydrogen (secondary N) is 1. The predicted molar refractivity (Wildman–Crippen MR) is 57.4 cm³/mol. The molecule has 0 saturated heterocycles. The van der Waals surface area contributed by atoms with Crippen LogP contribution in [0.25, 0.3) is 0 Å². The zero-order valence-corrected chi connectivity index (χ0v) is 9.30. The van der Waals surface area contributed by atoms with Crippen molar-refractivity contribution in [2.24, 2.45) is 7.05 Å². The van der Waals surface area contributed by atoms with Gasteiger partial charge >= 0.3 is 6.01 Å². The zero-order chi connectivity index (χ0) is 11.5. The van der Waals surface area contributed by atoms with Crippen LogP contribution in [0.2, 0.25) is 0 Å². The Balaban J connectivity index is 2.28. The van der Waals surface area contributed by atoms with E-state index in [1.807, 2.05) is 6.92 Å². The van der Waals surface area contributed by atoms with Crippen molar-refractivity contribution in [2.75, 3.05) is 12.4 Å². The van der Waals surface area contributed by atoms with Gasteiger partial charge in [-0.15, -0.1) is 5.10 Å². The molecule has 2 aromatic rings. The monoisotopic (exact) mass is 220 g/mol. The average Bonchev–Trinajstić information content (AvgIpc) is 2.67. The van der Waals surface area contributed by atoms with Gasteiger partial charge in [0.15, 0.2) is 0 Å². The van der Waals surface area contributed by atoms with Crippen molar-refractivity contribution >= 4 is 5.82 Å². The summed E-state index contributed by atoms with van der Waals surface area (Å²) in [5.41, 5.74) is 0.817. The number of ether oxygens (including phenoxy) is 1. The Labute approximate surface area is 92.5 Å². The molecule has 0 amide bonds. The molecule has 7 heteroatoms. The first-order valence-electron chi connectivity index (χ1n) is 4.73. The maximum Gasteiger partial charge on any atom is 0.342 e. The molecule has 0 saturated carbocycles. The molecule has 0 fully saturated rings. The second kappa shape index (κ2) is 4.13. The summed E-state index contributed by atoms with van der Waals surface area (Å²) < 4.78 is 7.00. The Hall–Kier alpha value is -2.18. The van der Waals surface area contributed by atoms with E-state index in [-0.39, 0.29) is 6.01 Å². The molecule has 0 aliphatic rings. The van der Waals surface area contributed by atoms with Gasteiger partial charge in [-0.2, -0.15) is 4.98 Å². The Kier molecular flexibility index (Phi) is 2.67. The van der Waals surface area contributed by atoms with Crippen LogP contribution in [0.15, 0.2) is 12.7 Å². The molecule has 84 valence electrons. The van der Waals surface area contributed by atoms with Gasteiger partial charge in [0.25, 0.3) is 0 Å². The summed E-state index contributed by atoms with van der Waals surface area (Å²) in [5, 5.41) is 6.95. The minimum absolute atomic E-state index is 0.270. The first-order chi connectivity index (χ1) is 7.70. The molecule has 0 unspecified atom stereocenters. The second-order valence-electron chi connectivity index (χ2n) is 3.21.